The summed E-state index contributed by atoms with van der Waals surface area (Å²) in [5.41, 5.74) is 5.80. The second-order valence-corrected chi connectivity index (χ2v) is 13.7. The van der Waals surface area contributed by atoms with Crippen LogP contribution in [0.5, 0.6) is 0 Å². The SMILES string of the molecule is O=C(NCc1cccc(-c2cccc([C@H]3O[C@@H](CN4CCCCCCC4)C[C@@H](c4ccc(CO)cc4)O3)c2)c1)C(Cl)(Cl)Cl. The van der Waals surface area contributed by atoms with Crippen LogP contribution in [0.2, 0.25) is 0 Å². The Kier molecular flexibility index (Phi) is 11.4. The molecule has 1 amide bonds. The molecule has 3 atom stereocenters. The van der Waals surface area contributed by atoms with E-state index in [2.05, 4.69) is 28.4 Å². The summed E-state index contributed by atoms with van der Waals surface area (Å²) in [6.07, 6.45) is 6.52. The van der Waals surface area contributed by atoms with Gasteiger partial charge in [0.05, 0.1) is 18.8 Å². The molecule has 2 fully saturated rings. The number of carbonyl (C=O) groups excluding carboxylic acids is 1. The number of hydrogen-bond donors (Lipinski definition) is 2. The van der Waals surface area contributed by atoms with E-state index >= 15 is 0 Å². The quantitative estimate of drug-likeness (QED) is 0.247. The zero-order chi connectivity index (χ0) is 30.2. The fourth-order valence-electron chi connectivity index (χ4n) is 5.82. The molecule has 230 valence electrons. The molecular weight excluding hydrogens is 607 g/mol. The van der Waals surface area contributed by atoms with Crippen LogP contribution in [0.25, 0.3) is 11.1 Å². The van der Waals surface area contributed by atoms with E-state index < -0.39 is 16.0 Å². The van der Waals surface area contributed by atoms with E-state index in [-0.39, 0.29) is 25.4 Å². The summed E-state index contributed by atoms with van der Waals surface area (Å²) in [7, 11) is 0. The summed E-state index contributed by atoms with van der Waals surface area (Å²) >= 11 is 17.1. The molecule has 0 unspecified atom stereocenters. The second-order valence-electron chi connectivity index (χ2n) is 11.4. The number of amides is 1. The lowest BCUT2D eigenvalue weighted by molar-refractivity contribution is -0.253. The Morgan fingerprint density at radius 2 is 1.51 bits per heavy atom. The Bertz CT molecular complexity index is 1340. The number of ether oxygens (including phenoxy) is 2. The molecule has 2 N–H and O–H groups in total. The standard InChI is InChI=1S/C34H39Cl3N2O4/c35-34(36,37)33(41)38-21-25-8-6-9-27(18-25)28-10-7-11-29(19-28)32-42-30(22-39-16-4-2-1-3-5-17-39)20-31(43-32)26-14-12-24(23-40)13-15-26/h6-15,18-19,30-32,40H,1-5,16-17,20-23H2,(H,38,41)/t30-,31+,32+/m1/s1. The van der Waals surface area contributed by atoms with Crippen LogP contribution >= 0.6 is 34.8 Å². The Morgan fingerprint density at radius 1 is 0.837 bits per heavy atom. The molecule has 3 aromatic carbocycles. The van der Waals surface area contributed by atoms with Crippen LogP contribution in [0.3, 0.4) is 0 Å². The predicted octanol–water partition coefficient (Wildman–Crippen LogP) is 7.64. The summed E-state index contributed by atoms with van der Waals surface area (Å²) in [6, 6.07) is 24.1. The van der Waals surface area contributed by atoms with Crippen LogP contribution < -0.4 is 5.32 Å². The second kappa shape index (κ2) is 15.2. The van der Waals surface area contributed by atoms with Crippen molar-refractivity contribution >= 4 is 40.7 Å². The summed E-state index contributed by atoms with van der Waals surface area (Å²) in [4.78, 5) is 14.6. The van der Waals surface area contributed by atoms with Crippen molar-refractivity contribution in [2.45, 2.75) is 74.0 Å². The monoisotopic (exact) mass is 644 g/mol. The molecule has 9 heteroatoms. The number of rotatable bonds is 8. The van der Waals surface area contributed by atoms with Crippen molar-refractivity contribution in [1.82, 2.24) is 10.2 Å². The van der Waals surface area contributed by atoms with Crippen molar-refractivity contribution in [3.8, 4) is 11.1 Å². The predicted molar refractivity (Wildman–Crippen MR) is 172 cm³/mol. The minimum atomic E-state index is -2.00. The maximum Gasteiger partial charge on any atom is 0.272 e. The fraction of sp³-hybridized carbons (Fsp3) is 0.441. The summed E-state index contributed by atoms with van der Waals surface area (Å²) in [6.45, 7) is 3.35. The summed E-state index contributed by atoms with van der Waals surface area (Å²) < 4.78 is 11.3. The van der Waals surface area contributed by atoms with Gasteiger partial charge in [0.1, 0.15) is 0 Å². The van der Waals surface area contributed by atoms with E-state index in [0.717, 1.165) is 59.4 Å². The van der Waals surface area contributed by atoms with Gasteiger partial charge in [-0.3, -0.25) is 4.79 Å². The molecule has 0 aliphatic carbocycles. The molecule has 0 spiro atoms. The minimum Gasteiger partial charge on any atom is -0.392 e. The van der Waals surface area contributed by atoms with Crippen molar-refractivity contribution < 1.29 is 19.4 Å². The average Bonchev–Trinajstić information content (AvgIpc) is 3.01. The van der Waals surface area contributed by atoms with Gasteiger partial charge in [0, 0.05) is 25.1 Å². The van der Waals surface area contributed by atoms with E-state index in [1.165, 1.54) is 32.1 Å². The lowest BCUT2D eigenvalue weighted by Gasteiger charge is -2.39. The first-order valence-electron chi connectivity index (χ1n) is 15.1. The van der Waals surface area contributed by atoms with Gasteiger partial charge in [-0.05, 0) is 65.9 Å². The van der Waals surface area contributed by atoms with E-state index in [4.69, 9.17) is 44.3 Å². The van der Waals surface area contributed by atoms with Gasteiger partial charge in [-0.2, -0.15) is 0 Å². The van der Waals surface area contributed by atoms with Crippen molar-refractivity contribution in [3.63, 3.8) is 0 Å². The summed E-state index contributed by atoms with van der Waals surface area (Å²) in [5.74, 6) is -0.665. The number of carbonyl (C=O) groups is 1. The lowest BCUT2D eigenvalue weighted by Crippen LogP contribution is -2.40. The number of hydrogen-bond acceptors (Lipinski definition) is 5. The van der Waals surface area contributed by atoms with Gasteiger partial charge in [0.2, 0.25) is 0 Å². The van der Waals surface area contributed by atoms with Gasteiger partial charge >= 0.3 is 0 Å². The smallest absolute Gasteiger partial charge is 0.272 e. The minimum absolute atomic E-state index is 0.0163. The molecule has 3 aromatic rings. The number of likely N-dealkylation sites (tertiary alicyclic amines) is 1. The van der Waals surface area contributed by atoms with Gasteiger partial charge in [-0.1, -0.05) is 115 Å². The molecule has 0 bridgehead atoms. The maximum absolute atomic E-state index is 12.0. The highest BCUT2D eigenvalue weighted by Crippen LogP contribution is 2.39. The molecule has 6 nitrogen and oxygen atoms in total. The van der Waals surface area contributed by atoms with Crippen LogP contribution in [0.4, 0.5) is 0 Å². The third kappa shape index (κ3) is 9.18. The van der Waals surface area contributed by atoms with Gasteiger partial charge in [-0.15, -0.1) is 0 Å². The normalized spacial score (nSPS) is 22.0. The van der Waals surface area contributed by atoms with Gasteiger partial charge in [0.15, 0.2) is 6.29 Å². The molecule has 0 aromatic heterocycles. The van der Waals surface area contributed by atoms with E-state index in [1.54, 1.807) is 0 Å². The summed E-state index contributed by atoms with van der Waals surface area (Å²) in [5, 5.41) is 12.2. The lowest BCUT2D eigenvalue weighted by atomic mass is 9.98. The van der Waals surface area contributed by atoms with E-state index in [1.807, 2.05) is 54.6 Å². The fourth-order valence-corrected chi connectivity index (χ4v) is 6.03. The van der Waals surface area contributed by atoms with Crippen molar-refractivity contribution in [1.29, 1.82) is 0 Å². The third-order valence-electron chi connectivity index (χ3n) is 8.16. The highest BCUT2D eigenvalue weighted by molar-refractivity contribution is 6.76. The number of alkyl halides is 3. The van der Waals surface area contributed by atoms with Crippen LogP contribution in [0.15, 0.2) is 72.8 Å². The first-order chi connectivity index (χ1) is 20.8. The van der Waals surface area contributed by atoms with Crippen molar-refractivity contribution in [2.24, 2.45) is 0 Å². The molecule has 2 aliphatic rings. The highest BCUT2D eigenvalue weighted by atomic mass is 35.6. The van der Waals surface area contributed by atoms with Crippen LogP contribution in [0, 0.1) is 0 Å². The third-order valence-corrected chi connectivity index (χ3v) is 8.67. The number of halogens is 3. The molecule has 5 rings (SSSR count). The Morgan fingerprint density at radius 3 is 2.21 bits per heavy atom. The van der Waals surface area contributed by atoms with Gasteiger partial charge < -0.3 is 24.8 Å². The molecule has 0 radical (unpaired) electrons. The first kappa shape index (κ1) is 32.2. The molecule has 0 saturated carbocycles. The Hall–Kier alpha value is -2.16. The first-order valence-corrected chi connectivity index (χ1v) is 16.2. The number of benzene rings is 3. The Balaban J connectivity index is 1.35. The molecule has 43 heavy (non-hydrogen) atoms. The van der Waals surface area contributed by atoms with Gasteiger partial charge in [0.25, 0.3) is 9.70 Å². The average molecular weight is 646 g/mol. The zero-order valence-corrected chi connectivity index (χ0v) is 26.5. The van der Waals surface area contributed by atoms with Crippen LogP contribution in [-0.4, -0.2) is 45.4 Å². The number of nitrogens with one attached hydrogen (secondary N) is 1. The topological polar surface area (TPSA) is 71.0 Å². The van der Waals surface area contributed by atoms with E-state index in [0.29, 0.717) is 0 Å². The van der Waals surface area contributed by atoms with Crippen LogP contribution in [0.1, 0.15) is 73.2 Å². The molecular formula is C34H39Cl3N2O4. The van der Waals surface area contributed by atoms with E-state index in [9.17, 15) is 9.90 Å². The molecule has 2 heterocycles. The van der Waals surface area contributed by atoms with Crippen LogP contribution in [-0.2, 0) is 27.4 Å². The number of aliphatic hydroxyl groups excluding tert-OH is 1. The number of nitrogens with zero attached hydrogens (tertiary/aromatic N) is 1. The Labute approximate surface area is 269 Å². The highest BCUT2D eigenvalue weighted by Gasteiger charge is 2.33. The zero-order valence-electron chi connectivity index (χ0n) is 24.2. The molecule has 2 aliphatic heterocycles. The largest absolute Gasteiger partial charge is 0.392 e. The van der Waals surface area contributed by atoms with Gasteiger partial charge in [-0.25, -0.2) is 0 Å². The van der Waals surface area contributed by atoms with Crippen molar-refractivity contribution in [3.05, 3.63) is 95.1 Å². The maximum atomic E-state index is 12.0. The van der Waals surface area contributed by atoms with Crippen molar-refractivity contribution in [2.75, 3.05) is 19.6 Å². The molecule has 2 saturated heterocycles. The number of aliphatic hydroxyl groups is 1.